The van der Waals surface area contributed by atoms with Crippen molar-refractivity contribution in [3.8, 4) is 0 Å². The highest BCUT2D eigenvalue weighted by Gasteiger charge is 2.16. The van der Waals surface area contributed by atoms with Crippen LogP contribution in [0.15, 0.2) is 48.5 Å². The van der Waals surface area contributed by atoms with Crippen LogP contribution < -0.4 is 11.1 Å². The molecule has 2 rings (SSSR count). The summed E-state index contributed by atoms with van der Waals surface area (Å²) < 4.78 is 0. The molecule has 0 radical (unpaired) electrons. The molecule has 0 spiro atoms. The molecule has 0 saturated carbocycles. The average molecular weight is 339 g/mol. The largest absolute Gasteiger partial charge is 0.350 e. The number of nitrogens with zero attached hydrogens (tertiary/aromatic N) is 1. The molecule has 0 aliphatic carbocycles. The fourth-order valence-corrected chi connectivity index (χ4v) is 2.55. The number of hydrogen-bond acceptors (Lipinski definition) is 3. The van der Waals surface area contributed by atoms with Gasteiger partial charge in [0.25, 0.3) is 0 Å². The van der Waals surface area contributed by atoms with E-state index in [4.69, 9.17) is 5.73 Å². The molecule has 0 aromatic heterocycles. The van der Waals surface area contributed by atoms with Crippen molar-refractivity contribution in [2.45, 2.75) is 45.9 Å². The Morgan fingerprint density at radius 3 is 2.28 bits per heavy atom. The van der Waals surface area contributed by atoms with Gasteiger partial charge in [-0.1, -0.05) is 54.1 Å². The van der Waals surface area contributed by atoms with Crippen molar-refractivity contribution in [3.05, 3.63) is 70.8 Å². The molecule has 0 saturated heterocycles. The van der Waals surface area contributed by atoms with Gasteiger partial charge in [-0.2, -0.15) is 0 Å². The van der Waals surface area contributed by atoms with Crippen LogP contribution in [-0.4, -0.2) is 23.9 Å². The number of hydrogen-bond donors (Lipinski definition) is 2. The normalized spacial score (nSPS) is 12.4. The maximum absolute atomic E-state index is 12.4. The molecular weight excluding hydrogens is 310 g/mol. The molecule has 1 unspecified atom stereocenters. The minimum Gasteiger partial charge on any atom is -0.350 e. The van der Waals surface area contributed by atoms with E-state index in [1.165, 1.54) is 5.56 Å². The molecule has 2 aromatic carbocycles. The standard InChI is InChI=1S/C21H29N3O/c1-15(2)24(4)14-19-8-6-5-7-18(19)13-23-21(25)20(22)17-11-9-16(3)10-12-17/h5-12,15,20H,13-14,22H2,1-4H3,(H,23,25). The Hall–Kier alpha value is -2.17. The number of nitrogens with one attached hydrogen (secondary N) is 1. The van der Waals surface area contributed by atoms with Crippen molar-refractivity contribution in [2.24, 2.45) is 5.73 Å². The summed E-state index contributed by atoms with van der Waals surface area (Å²) in [5, 5.41) is 2.97. The second-order valence-corrected chi connectivity index (χ2v) is 6.88. The molecule has 0 fully saturated rings. The number of carbonyl (C=O) groups is 1. The molecule has 3 N–H and O–H groups in total. The number of aryl methyl sites for hydroxylation is 1. The van der Waals surface area contributed by atoms with Gasteiger partial charge in [0.2, 0.25) is 5.91 Å². The van der Waals surface area contributed by atoms with Crippen LogP contribution in [0.5, 0.6) is 0 Å². The van der Waals surface area contributed by atoms with E-state index in [-0.39, 0.29) is 5.91 Å². The Bertz CT molecular complexity index is 695. The number of amides is 1. The lowest BCUT2D eigenvalue weighted by molar-refractivity contribution is -0.122. The van der Waals surface area contributed by atoms with E-state index in [0.29, 0.717) is 12.6 Å². The summed E-state index contributed by atoms with van der Waals surface area (Å²) in [5.74, 6) is -0.157. The van der Waals surface area contributed by atoms with E-state index in [0.717, 1.165) is 23.2 Å². The summed E-state index contributed by atoms with van der Waals surface area (Å²) in [6.07, 6.45) is 0. The van der Waals surface area contributed by atoms with Crippen molar-refractivity contribution in [1.29, 1.82) is 0 Å². The van der Waals surface area contributed by atoms with Crippen LogP contribution in [0, 0.1) is 6.92 Å². The van der Waals surface area contributed by atoms with Gasteiger partial charge >= 0.3 is 0 Å². The molecule has 1 atom stereocenters. The van der Waals surface area contributed by atoms with E-state index in [2.05, 4.69) is 43.2 Å². The summed E-state index contributed by atoms with van der Waals surface area (Å²) in [4.78, 5) is 14.7. The molecule has 0 aliphatic heterocycles. The third-order valence-corrected chi connectivity index (χ3v) is 4.59. The highest BCUT2D eigenvalue weighted by molar-refractivity contribution is 5.82. The Morgan fingerprint density at radius 1 is 1.08 bits per heavy atom. The lowest BCUT2D eigenvalue weighted by Gasteiger charge is -2.23. The van der Waals surface area contributed by atoms with Crippen molar-refractivity contribution in [1.82, 2.24) is 10.2 Å². The van der Waals surface area contributed by atoms with Crippen LogP contribution in [0.2, 0.25) is 0 Å². The van der Waals surface area contributed by atoms with Crippen molar-refractivity contribution >= 4 is 5.91 Å². The predicted molar refractivity (Wildman–Crippen MR) is 103 cm³/mol. The predicted octanol–water partition coefficient (Wildman–Crippen LogP) is 3.15. The van der Waals surface area contributed by atoms with Gasteiger partial charge in [-0.05, 0) is 44.5 Å². The van der Waals surface area contributed by atoms with Crippen molar-refractivity contribution in [2.75, 3.05) is 7.05 Å². The monoisotopic (exact) mass is 339 g/mol. The molecule has 4 nitrogen and oxygen atoms in total. The van der Waals surface area contributed by atoms with E-state index in [1.807, 2.05) is 43.3 Å². The Kier molecular flexibility index (Phi) is 6.73. The Labute approximate surface area is 151 Å². The average Bonchev–Trinajstić information content (AvgIpc) is 2.60. The number of benzene rings is 2. The third kappa shape index (κ3) is 5.41. The molecule has 2 aromatic rings. The van der Waals surface area contributed by atoms with Gasteiger partial charge in [-0.15, -0.1) is 0 Å². The van der Waals surface area contributed by atoms with E-state index >= 15 is 0 Å². The summed E-state index contributed by atoms with van der Waals surface area (Å²) in [6, 6.07) is 15.8. The molecular formula is C21H29N3O. The molecule has 0 bridgehead atoms. The first-order chi connectivity index (χ1) is 11.9. The van der Waals surface area contributed by atoms with Crippen LogP contribution in [0.1, 0.15) is 42.1 Å². The van der Waals surface area contributed by atoms with Gasteiger partial charge in [0, 0.05) is 19.1 Å². The van der Waals surface area contributed by atoms with Crippen LogP contribution >= 0.6 is 0 Å². The maximum Gasteiger partial charge on any atom is 0.241 e. The number of rotatable bonds is 7. The number of carbonyl (C=O) groups excluding carboxylic acids is 1. The van der Waals surface area contributed by atoms with Gasteiger partial charge in [-0.3, -0.25) is 9.69 Å². The molecule has 0 heterocycles. The molecule has 0 aliphatic rings. The zero-order valence-corrected chi connectivity index (χ0v) is 15.6. The minimum absolute atomic E-state index is 0.157. The zero-order chi connectivity index (χ0) is 18.4. The Balaban J connectivity index is 2.01. The first-order valence-corrected chi connectivity index (χ1v) is 8.75. The summed E-state index contributed by atoms with van der Waals surface area (Å²) >= 11 is 0. The molecule has 4 heteroatoms. The smallest absolute Gasteiger partial charge is 0.241 e. The fourth-order valence-electron chi connectivity index (χ4n) is 2.55. The summed E-state index contributed by atoms with van der Waals surface area (Å²) in [5.41, 5.74) is 10.4. The maximum atomic E-state index is 12.4. The van der Waals surface area contributed by atoms with Gasteiger partial charge in [0.15, 0.2) is 0 Å². The summed E-state index contributed by atoms with van der Waals surface area (Å²) in [6.45, 7) is 7.70. The van der Waals surface area contributed by atoms with E-state index in [9.17, 15) is 4.79 Å². The van der Waals surface area contributed by atoms with E-state index < -0.39 is 6.04 Å². The molecule has 25 heavy (non-hydrogen) atoms. The highest BCUT2D eigenvalue weighted by atomic mass is 16.2. The third-order valence-electron chi connectivity index (χ3n) is 4.59. The van der Waals surface area contributed by atoms with Crippen LogP contribution in [0.4, 0.5) is 0 Å². The highest BCUT2D eigenvalue weighted by Crippen LogP contribution is 2.14. The SMILES string of the molecule is Cc1ccc(C(N)C(=O)NCc2ccccc2CN(C)C(C)C)cc1. The van der Waals surface area contributed by atoms with Gasteiger partial charge < -0.3 is 11.1 Å². The molecule has 1 amide bonds. The second kappa shape index (κ2) is 8.79. The topological polar surface area (TPSA) is 58.4 Å². The van der Waals surface area contributed by atoms with Gasteiger partial charge in [0.1, 0.15) is 6.04 Å². The minimum atomic E-state index is -0.647. The van der Waals surface area contributed by atoms with Crippen molar-refractivity contribution in [3.63, 3.8) is 0 Å². The number of nitrogens with two attached hydrogens (primary N) is 1. The van der Waals surface area contributed by atoms with Crippen LogP contribution in [0.25, 0.3) is 0 Å². The molecule has 134 valence electrons. The van der Waals surface area contributed by atoms with Crippen LogP contribution in [-0.2, 0) is 17.9 Å². The van der Waals surface area contributed by atoms with Crippen molar-refractivity contribution < 1.29 is 4.79 Å². The lowest BCUT2D eigenvalue weighted by atomic mass is 10.0. The summed E-state index contributed by atoms with van der Waals surface area (Å²) in [7, 11) is 2.10. The second-order valence-electron chi connectivity index (χ2n) is 6.88. The van der Waals surface area contributed by atoms with Crippen LogP contribution in [0.3, 0.4) is 0 Å². The first kappa shape index (κ1) is 19.2. The van der Waals surface area contributed by atoms with Gasteiger partial charge in [-0.25, -0.2) is 0 Å². The first-order valence-electron chi connectivity index (χ1n) is 8.75. The lowest BCUT2D eigenvalue weighted by Crippen LogP contribution is -2.34. The van der Waals surface area contributed by atoms with Gasteiger partial charge in [0.05, 0.1) is 0 Å². The fraction of sp³-hybridized carbons (Fsp3) is 0.381. The Morgan fingerprint density at radius 2 is 1.68 bits per heavy atom. The van der Waals surface area contributed by atoms with E-state index in [1.54, 1.807) is 0 Å². The quantitative estimate of drug-likeness (QED) is 0.815. The zero-order valence-electron chi connectivity index (χ0n) is 15.6.